The molecule has 5 unspecified atom stereocenters. The molecule has 0 aliphatic heterocycles. The van der Waals surface area contributed by atoms with Crippen molar-refractivity contribution < 1.29 is 19.4 Å². The van der Waals surface area contributed by atoms with Crippen molar-refractivity contribution in [3.63, 3.8) is 0 Å². The number of nitrogens with one attached hydrogen (secondary N) is 1. The minimum Gasteiger partial charge on any atom is -0.464 e. The predicted octanol–water partition coefficient (Wildman–Crippen LogP) is 0.569. The molecule has 0 spiro atoms. The number of carbonyl (C=O) groups excluding carboxylic acids is 2. The van der Waals surface area contributed by atoms with Crippen molar-refractivity contribution in [2.75, 3.05) is 6.61 Å². The smallest absolute Gasteiger partial charge is 0.338 e. The third kappa shape index (κ3) is 3.74. The number of carbonyl (C=O) groups is 2. The molecular weight excluding hydrogens is 272 g/mol. The fourth-order valence-corrected chi connectivity index (χ4v) is 3.22. The maximum Gasteiger partial charge on any atom is 0.338 e. The lowest BCUT2D eigenvalue weighted by atomic mass is 9.77. The fraction of sp³-hybridized carbons (Fsp3) is 0.867. The maximum absolute atomic E-state index is 12.2. The van der Waals surface area contributed by atoms with Crippen molar-refractivity contribution in [1.29, 1.82) is 0 Å². The highest BCUT2D eigenvalue weighted by Crippen LogP contribution is 2.40. The highest BCUT2D eigenvalue weighted by Gasteiger charge is 2.56. The summed E-state index contributed by atoms with van der Waals surface area (Å²) in [5.41, 5.74) is 4.52. The van der Waals surface area contributed by atoms with Crippen LogP contribution in [-0.4, -0.2) is 41.3 Å². The molecule has 1 amide bonds. The molecule has 6 nitrogen and oxygen atoms in total. The van der Waals surface area contributed by atoms with Gasteiger partial charge < -0.3 is 20.9 Å². The van der Waals surface area contributed by atoms with Crippen LogP contribution in [0.3, 0.4) is 0 Å². The first kappa shape index (κ1) is 17.9. The molecule has 6 heteroatoms. The number of esters is 1. The zero-order valence-corrected chi connectivity index (χ0v) is 13.4. The lowest BCUT2D eigenvalue weighted by Gasteiger charge is -2.38. The number of aliphatic hydroxyl groups is 1. The zero-order chi connectivity index (χ0) is 16.2. The molecule has 0 aromatic carbocycles. The van der Waals surface area contributed by atoms with Crippen LogP contribution in [-0.2, 0) is 14.3 Å². The Hall–Kier alpha value is -1.14. The first-order valence-corrected chi connectivity index (χ1v) is 7.70. The molecule has 1 aliphatic carbocycles. The van der Waals surface area contributed by atoms with Crippen LogP contribution in [0.2, 0.25) is 0 Å². The average molecular weight is 300 g/mol. The summed E-state index contributed by atoms with van der Waals surface area (Å²) in [6.45, 7) is 7.32. The van der Waals surface area contributed by atoms with Gasteiger partial charge in [0.1, 0.15) is 0 Å². The molecule has 0 bridgehead atoms. The topological polar surface area (TPSA) is 102 Å². The molecule has 122 valence electrons. The Balaban J connectivity index is 3.11. The standard InChI is InChI=1S/C15H28N2O4/c1-5-9(3)13(17-10(4)18)12-11(16)7-8-15(12,20)14(19)21-6-2/h9,11-13,20H,5-8,16H2,1-4H3,(H,17,18). The van der Waals surface area contributed by atoms with E-state index in [0.717, 1.165) is 6.42 Å². The van der Waals surface area contributed by atoms with Gasteiger partial charge in [0.25, 0.3) is 0 Å². The summed E-state index contributed by atoms with van der Waals surface area (Å²) in [4.78, 5) is 23.7. The molecule has 1 fully saturated rings. The Morgan fingerprint density at radius 1 is 1.48 bits per heavy atom. The van der Waals surface area contributed by atoms with E-state index in [1.54, 1.807) is 6.92 Å². The van der Waals surface area contributed by atoms with Gasteiger partial charge in [0, 0.05) is 24.9 Å². The Morgan fingerprint density at radius 2 is 2.10 bits per heavy atom. The maximum atomic E-state index is 12.2. The second kappa shape index (κ2) is 7.22. The molecule has 0 radical (unpaired) electrons. The molecule has 0 saturated heterocycles. The van der Waals surface area contributed by atoms with Crippen LogP contribution in [0.25, 0.3) is 0 Å². The van der Waals surface area contributed by atoms with E-state index in [1.165, 1.54) is 6.92 Å². The second-order valence-corrected chi connectivity index (χ2v) is 5.98. The van der Waals surface area contributed by atoms with Crippen molar-refractivity contribution in [3.8, 4) is 0 Å². The fourth-order valence-electron chi connectivity index (χ4n) is 3.22. The Labute approximate surface area is 126 Å². The summed E-state index contributed by atoms with van der Waals surface area (Å²) in [7, 11) is 0. The summed E-state index contributed by atoms with van der Waals surface area (Å²) in [5.74, 6) is -1.26. The van der Waals surface area contributed by atoms with Crippen LogP contribution in [0.4, 0.5) is 0 Å². The van der Waals surface area contributed by atoms with Crippen molar-refractivity contribution in [3.05, 3.63) is 0 Å². The van der Waals surface area contributed by atoms with Gasteiger partial charge in [-0.25, -0.2) is 4.79 Å². The van der Waals surface area contributed by atoms with E-state index in [1.807, 2.05) is 13.8 Å². The van der Waals surface area contributed by atoms with E-state index in [0.29, 0.717) is 6.42 Å². The quantitative estimate of drug-likeness (QED) is 0.622. The van der Waals surface area contributed by atoms with E-state index in [9.17, 15) is 14.7 Å². The van der Waals surface area contributed by atoms with Crippen LogP contribution in [0.5, 0.6) is 0 Å². The van der Waals surface area contributed by atoms with E-state index in [2.05, 4.69) is 5.32 Å². The molecule has 0 aromatic heterocycles. The van der Waals surface area contributed by atoms with Gasteiger partial charge in [-0.1, -0.05) is 20.3 Å². The minimum absolute atomic E-state index is 0.101. The number of amides is 1. The van der Waals surface area contributed by atoms with E-state index >= 15 is 0 Å². The Bertz CT molecular complexity index is 388. The van der Waals surface area contributed by atoms with Gasteiger partial charge >= 0.3 is 5.97 Å². The predicted molar refractivity (Wildman–Crippen MR) is 79.3 cm³/mol. The largest absolute Gasteiger partial charge is 0.464 e. The van der Waals surface area contributed by atoms with Crippen molar-refractivity contribution in [2.24, 2.45) is 17.6 Å². The normalized spacial score (nSPS) is 31.5. The lowest BCUT2D eigenvalue weighted by Crippen LogP contribution is -2.58. The average Bonchev–Trinajstić information content (AvgIpc) is 2.72. The van der Waals surface area contributed by atoms with E-state index < -0.39 is 17.5 Å². The summed E-state index contributed by atoms with van der Waals surface area (Å²) >= 11 is 0. The zero-order valence-electron chi connectivity index (χ0n) is 13.4. The van der Waals surface area contributed by atoms with Gasteiger partial charge in [0.15, 0.2) is 5.60 Å². The van der Waals surface area contributed by atoms with Crippen LogP contribution in [0.15, 0.2) is 0 Å². The molecule has 21 heavy (non-hydrogen) atoms. The van der Waals surface area contributed by atoms with Crippen molar-refractivity contribution in [1.82, 2.24) is 5.32 Å². The summed E-state index contributed by atoms with van der Waals surface area (Å²) in [6, 6.07) is -0.690. The first-order valence-electron chi connectivity index (χ1n) is 7.70. The van der Waals surface area contributed by atoms with Gasteiger partial charge in [0.05, 0.1) is 6.61 Å². The van der Waals surface area contributed by atoms with Crippen LogP contribution < -0.4 is 11.1 Å². The Kier molecular flexibility index (Phi) is 6.16. The number of ether oxygens (including phenoxy) is 1. The summed E-state index contributed by atoms with van der Waals surface area (Å²) < 4.78 is 5.02. The van der Waals surface area contributed by atoms with Crippen molar-refractivity contribution >= 4 is 11.9 Å². The van der Waals surface area contributed by atoms with Gasteiger partial charge in [0.2, 0.25) is 5.91 Å². The van der Waals surface area contributed by atoms with Gasteiger partial charge in [-0.05, 0) is 25.7 Å². The van der Waals surface area contributed by atoms with E-state index in [-0.39, 0.29) is 36.9 Å². The van der Waals surface area contributed by atoms with Crippen molar-refractivity contribution in [2.45, 2.75) is 64.6 Å². The Morgan fingerprint density at radius 3 is 2.57 bits per heavy atom. The second-order valence-electron chi connectivity index (χ2n) is 5.98. The first-order chi connectivity index (χ1) is 9.77. The SMILES string of the molecule is CCOC(=O)C1(O)CCC(N)C1C(NC(C)=O)C(C)CC. The highest BCUT2D eigenvalue weighted by molar-refractivity contribution is 5.81. The number of hydrogen-bond acceptors (Lipinski definition) is 5. The molecule has 1 rings (SSSR count). The molecule has 1 aliphatic rings. The summed E-state index contributed by atoms with van der Waals surface area (Å²) in [5, 5.41) is 13.7. The van der Waals surface area contributed by atoms with Gasteiger partial charge in [-0.15, -0.1) is 0 Å². The minimum atomic E-state index is -1.62. The van der Waals surface area contributed by atoms with Crippen LogP contribution in [0.1, 0.15) is 47.0 Å². The monoisotopic (exact) mass is 300 g/mol. The van der Waals surface area contributed by atoms with Crippen LogP contribution in [0, 0.1) is 11.8 Å². The highest BCUT2D eigenvalue weighted by atomic mass is 16.5. The van der Waals surface area contributed by atoms with Gasteiger partial charge in [-0.3, -0.25) is 4.79 Å². The number of nitrogens with two attached hydrogens (primary N) is 1. The van der Waals surface area contributed by atoms with E-state index in [4.69, 9.17) is 10.5 Å². The molecule has 1 saturated carbocycles. The number of hydrogen-bond donors (Lipinski definition) is 3. The molecule has 4 N–H and O–H groups in total. The molecule has 5 atom stereocenters. The molecule has 0 aromatic rings. The third-order valence-corrected chi connectivity index (χ3v) is 4.51. The third-order valence-electron chi connectivity index (χ3n) is 4.51. The number of rotatable bonds is 6. The van der Waals surface area contributed by atoms with Gasteiger partial charge in [-0.2, -0.15) is 0 Å². The van der Waals surface area contributed by atoms with Crippen LogP contribution >= 0.6 is 0 Å². The molecule has 0 heterocycles. The summed E-state index contributed by atoms with van der Waals surface area (Å²) in [6.07, 6.45) is 1.61. The lowest BCUT2D eigenvalue weighted by molar-refractivity contribution is -0.171. The molecular formula is C15H28N2O4.